The number of hydrogen-bond donors (Lipinski definition) is 2. The van der Waals surface area contributed by atoms with Gasteiger partial charge < -0.3 is 10.6 Å². The summed E-state index contributed by atoms with van der Waals surface area (Å²) in [6, 6.07) is 9.60. The van der Waals surface area contributed by atoms with Crippen LogP contribution in [0.5, 0.6) is 0 Å². The summed E-state index contributed by atoms with van der Waals surface area (Å²) < 4.78 is 1.66. The third-order valence-electron chi connectivity index (χ3n) is 5.00. The molecular weight excluding hydrogens is 318 g/mol. The number of benzene rings is 1. The third-order valence-corrected chi connectivity index (χ3v) is 5.00. The van der Waals surface area contributed by atoms with Crippen LogP contribution in [0, 0.1) is 12.8 Å². The molecule has 7 nitrogen and oxygen atoms in total. The van der Waals surface area contributed by atoms with E-state index in [0.717, 1.165) is 18.5 Å². The Balaban J connectivity index is 1.51. The van der Waals surface area contributed by atoms with Crippen molar-refractivity contribution in [3.63, 3.8) is 0 Å². The monoisotopic (exact) mass is 339 g/mol. The van der Waals surface area contributed by atoms with Crippen LogP contribution in [0.3, 0.4) is 0 Å². The highest BCUT2D eigenvalue weighted by Crippen LogP contribution is 2.36. The predicted molar refractivity (Wildman–Crippen MR) is 91.2 cm³/mol. The van der Waals surface area contributed by atoms with E-state index in [1.54, 1.807) is 4.68 Å². The predicted octanol–water partition coefficient (Wildman–Crippen LogP) is 1.36. The van der Waals surface area contributed by atoms with Crippen molar-refractivity contribution in [2.45, 2.75) is 44.7 Å². The first kappa shape index (κ1) is 15.8. The highest BCUT2D eigenvalue weighted by atomic mass is 16.2. The molecule has 2 aliphatic rings. The SMILES string of the molecule is Cc1c(C(=O)N[C@@H]2CCC(=O)N[C@H]2C2CC2)nnn1-c1ccccc1. The van der Waals surface area contributed by atoms with Gasteiger partial charge in [-0.3, -0.25) is 9.59 Å². The minimum Gasteiger partial charge on any atom is -0.351 e. The fourth-order valence-electron chi connectivity index (χ4n) is 3.48. The molecule has 1 aromatic heterocycles. The summed E-state index contributed by atoms with van der Waals surface area (Å²) in [6.07, 6.45) is 3.34. The molecule has 2 atom stereocenters. The minimum atomic E-state index is -0.230. The Labute approximate surface area is 145 Å². The van der Waals surface area contributed by atoms with E-state index in [-0.39, 0.29) is 23.9 Å². The molecular formula is C18H21N5O2. The Hall–Kier alpha value is -2.70. The Morgan fingerprint density at radius 2 is 2.00 bits per heavy atom. The molecule has 0 radical (unpaired) electrons. The summed E-state index contributed by atoms with van der Waals surface area (Å²) >= 11 is 0. The third kappa shape index (κ3) is 3.14. The molecule has 2 N–H and O–H groups in total. The number of hydrogen-bond acceptors (Lipinski definition) is 4. The summed E-state index contributed by atoms with van der Waals surface area (Å²) in [5, 5.41) is 14.3. The van der Waals surface area contributed by atoms with Gasteiger partial charge in [-0.1, -0.05) is 23.4 Å². The Morgan fingerprint density at radius 3 is 2.72 bits per heavy atom. The van der Waals surface area contributed by atoms with E-state index in [9.17, 15) is 9.59 Å². The van der Waals surface area contributed by atoms with E-state index in [1.165, 1.54) is 0 Å². The number of carbonyl (C=O) groups is 2. The molecule has 1 aromatic carbocycles. The van der Waals surface area contributed by atoms with Crippen LogP contribution in [0.1, 0.15) is 41.9 Å². The van der Waals surface area contributed by atoms with Crippen LogP contribution < -0.4 is 10.6 Å². The van der Waals surface area contributed by atoms with E-state index in [1.807, 2.05) is 37.3 Å². The largest absolute Gasteiger partial charge is 0.351 e. The standard InChI is InChI=1S/C18H21N5O2/c1-11-16(21-22-23(11)13-5-3-2-4-6-13)18(25)19-14-9-10-15(24)20-17(14)12-7-8-12/h2-6,12,14,17H,7-10H2,1H3,(H,19,25)(H,20,24)/t14-,17+/m1/s1. The van der Waals surface area contributed by atoms with Crippen LogP contribution in [0.15, 0.2) is 30.3 Å². The summed E-state index contributed by atoms with van der Waals surface area (Å²) in [7, 11) is 0. The van der Waals surface area contributed by atoms with Gasteiger partial charge in [0.05, 0.1) is 23.5 Å². The van der Waals surface area contributed by atoms with Gasteiger partial charge in [-0.25, -0.2) is 4.68 Å². The first-order chi connectivity index (χ1) is 12.1. The minimum absolute atomic E-state index is 0.0367. The average molecular weight is 339 g/mol. The molecule has 130 valence electrons. The normalized spacial score (nSPS) is 23.2. The first-order valence-corrected chi connectivity index (χ1v) is 8.71. The topological polar surface area (TPSA) is 88.9 Å². The van der Waals surface area contributed by atoms with Crippen LogP contribution in [-0.4, -0.2) is 38.9 Å². The van der Waals surface area contributed by atoms with Crippen LogP contribution in [0.25, 0.3) is 5.69 Å². The molecule has 25 heavy (non-hydrogen) atoms. The highest BCUT2D eigenvalue weighted by molar-refractivity contribution is 5.93. The average Bonchev–Trinajstić information content (AvgIpc) is 3.39. The second kappa shape index (κ2) is 6.31. The van der Waals surface area contributed by atoms with Gasteiger partial charge in [0.2, 0.25) is 5.91 Å². The zero-order valence-electron chi connectivity index (χ0n) is 14.1. The molecule has 2 heterocycles. The van der Waals surface area contributed by atoms with Crippen LogP contribution >= 0.6 is 0 Å². The number of amides is 2. The van der Waals surface area contributed by atoms with Crippen molar-refractivity contribution in [1.82, 2.24) is 25.6 Å². The van der Waals surface area contributed by atoms with Crippen LogP contribution in [0.2, 0.25) is 0 Å². The lowest BCUT2D eigenvalue weighted by Gasteiger charge is -2.32. The van der Waals surface area contributed by atoms with E-state index in [0.29, 0.717) is 30.1 Å². The number of carbonyl (C=O) groups excluding carboxylic acids is 2. The maximum absolute atomic E-state index is 12.7. The Kier molecular flexibility index (Phi) is 3.99. The second-order valence-corrected chi connectivity index (χ2v) is 6.82. The Bertz CT molecular complexity index is 797. The van der Waals surface area contributed by atoms with Gasteiger partial charge in [0.15, 0.2) is 5.69 Å². The second-order valence-electron chi connectivity index (χ2n) is 6.82. The molecule has 1 saturated heterocycles. The lowest BCUT2D eigenvalue weighted by Crippen LogP contribution is -2.56. The number of nitrogens with one attached hydrogen (secondary N) is 2. The van der Waals surface area contributed by atoms with Crippen molar-refractivity contribution < 1.29 is 9.59 Å². The number of rotatable bonds is 4. The van der Waals surface area contributed by atoms with E-state index >= 15 is 0 Å². The molecule has 1 aliphatic heterocycles. The van der Waals surface area contributed by atoms with Crippen LogP contribution in [0.4, 0.5) is 0 Å². The van der Waals surface area contributed by atoms with E-state index in [4.69, 9.17) is 0 Å². The fourth-order valence-corrected chi connectivity index (χ4v) is 3.48. The lowest BCUT2D eigenvalue weighted by atomic mass is 9.94. The molecule has 7 heteroatoms. The zero-order chi connectivity index (χ0) is 17.4. The molecule has 4 rings (SSSR count). The Morgan fingerprint density at radius 1 is 1.24 bits per heavy atom. The van der Waals surface area contributed by atoms with Crippen LogP contribution in [-0.2, 0) is 4.79 Å². The maximum Gasteiger partial charge on any atom is 0.274 e. The van der Waals surface area contributed by atoms with Gasteiger partial charge in [0.1, 0.15) is 0 Å². The molecule has 2 fully saturated rings. The first-order valence-electron chi connectivity index (χ1n) is 8.71. The van der Waals surface area contributed by atoms with Crippen molar-refractivity contribution in [1.29, 1.82) is 0 Å². The number of piperidine rings is 1. The van der Waals surface area contributed by atoms with Crippen molar-refractivity contribution in [2.75, 3.05) is 0 Å². The highest BCUT2D eigenvalue weighted by Gasteiger charge is 2.41. The molecule has 0 unspecified atom stereocenters. The van der Waals surface area contributed by atoms with Gasteiger partial charge in [-0.2, -0.15) is 0 Å². The smallest absolute Gasteiger partial charge is 0.274 e. The van der Waals surface area contributed by atoms with E-state index < -0.39 is 0 Å². The molecule has 0 spiro atoms. The molecule has 2 aromatic rings. The van der Waals surface area contributed by atoms with Crippen molar-refractivity contribution in [3.8, 4) is 5.69 Å². The summed E-state index contributed by atoms with van der Waals surface area (Å²) in [4.78, 5) is 24.4. The number of nitrogens with zero attached hydrogens (tertiary/aromatic N) is 3. The summed E-state index contributed by atoms with van der Waals surface area (Å²) in [5.41, 5.74) is 1.90. The zero-order valence-corrected chi connectivity index (χ0v) is 14.1. The molecule has 1 aliphatic carbocycles. The molecule has 2 amide bonds. The maximum atomic E-state index is 12.7. The summed E-state index contributed by atoms with van der Waals surface area (Å²) in [6.45, 7) is 1.84. The van der Waals surface area contributed by atoms with Gasteiger partial charge in [-0.05, 0) is 44.2 Å². The van der Waals surface area contributed by atoms with Gasteiger partial charge in [0, 0.05) is 6.42 Å². The molecule has 0 bridgehead atoms. The van der Waals surface area contributed by atoms with Gasteiger partial charge in [0.25, 0.3) is 5.91 Å². The van der Waals surface area contributed by atoms with E-state index in [2.05, 4.69) is 20.9 Å². The quantitative estimate of drug-likeness (QED) is 0.880. The van der Waals surface area contributed by atoms with Crippen molar-refractivity contribution in [3.05, 3.63) is 41.7 Å². The van der Waals surface area contributed by atoms with Gasteiger partial charge >= 0.3 is 0 Å². The summed E-state index contributed by atoms with van der Waals surface area (Å²) in [5.74, 6) is 0.329. The lowest BCUT2D eigenvalue weighted by molar-refractivity contribution is -0.124. The van der Waals surface area contributed by atoms with Gasteiger partial charge in [-0.15, -0.1) is 5.10 Å². The number of para-hydroxylation sites is 1. The molecule has 1 saturated carbocycles. The number of aromatic nitrogens is 3. The van der Waals surface area contributed by atoms with Crippen molar-refractivity contribution >= 4 is 11.8 Å². The fraction of sp³-hybridized carbons (Fsp3) is 0.444. The van der Waals surface area contributed by atoms with Crippen molar-refractivity contribution in [2.24, 2.45) is 5.92 Å².